The molecule has 0 aliphatic heterocycles. The Labute approximate surface area is 133 Å². The lowest BCUT2D eigenvalue weighted by molar-refractivity contribution is -0.153. The van der Waals surface area contributed by atoms with Crippen molar-refractivity contribution < 1.29 is 14.6 Å². The fourth-order valence-corrected chi connectivity index (χ4v) is 4.13. The van der Waals surface area contributed by atoms with E-state index in [4.69, 9.17) is 9.84 Å². The average Bonchev–Trinajstić information content (AvgIpc) is 2.89. The SMILES string of the molecule is CCCNC1(C(=O)OCC)CCCC1CCSCCCO. The minimum Gasteiger partial charge on any atom is -0.465 e. The van der Waals surface area contributed by atoms with Crippen molar-refractivity contribution >= 4 is 17.7 Å². The first-order valence-corrected chi connectivity index (χ1v) is 9.47. The number of hydrogen-bond donors (Lipinski definition) is 2. The van der Waals surface area contributed by atoms with Gasteiger partial charge in [0.05, 0.1) is 6.61 Å². The van der Waals surface area contributed by atoms with Crippen LogP contribution in [-0.2, 0) is 9.53 Å². The Morgan fingerprint density at radius 1 is 1.43 bits per heavy atom. The highest BCUT2D eigenvalue weighted by molar-refractivity contribution is 7.99. The van der Waals surface area contributed by atoms with Crippen molar-refractivity contribution in [1.29, 1.82) is 0 Å². The molecule has 0 saturated heterocycles. The van der Waals surface area contributed by atoms with Crippen LogP contribution in [0, 0.1) is 5.92 Å². The maximum Gasteiger partial charge on any atom is 0.326 e. The lowest BCUT2D eigenvalue weighted by Crippen LogP contribution is -2.56. The summed E-state index contributed by atoms with van der Waals surface area (Å²) >= 11 is 1.87. The molecule has 2 atom stereocenters. The molecule has 0 spiro atoms. The number of rotatable bonds is 11. The molecule has 4 nitrogen and oxygen atoms in total. The van der Waals surface area contributed by atoms with Gasteiger partial charge in [-0.2, -0.15) is 11.8 Å². The summed E-state index contributed by atoms with van der Waals surface area (Å²) in [7, 11) is 0. The Balaban J connectivity index is 2.58. The molecule has 1 saturated carbocycles. The second-order valence-corrected chi connectivity index (χ2v) is 6.91. The van der Waals surface area contributed by atoms with Gasteiger partial charge in [-0.1, -0.05) is 13.3 Å². The molecular weight excluding hydrogens is 286 g/mol. The minimum absolute atomic E-state index is 0.0543. The molecule has 0 heterocycles. The molecule has 1 fully saturated rings. The molecule has 0 bridgehead atoms. The third kappa shape index (κ3) is 5.46. The summed E-state index contributed by atoms with van der Waals surface area (Å²) in [5, 5.41) is 12.3. The average molecular weight is 317 g/mol. The normalized spacial score (nSPS) is 25.2. The highest BCUT2D eigenvalue weighted by atomic mass is 32.2. The number of ether oxygens (including phenoxy) is 1. The maximum atomic E-state index is 12.5. The van der Waals surface area contributed by atoms with Crippen LogP contribution in [0.1, 0.15) is 52.4 Å². The number of nitrogens with one attached hydrogen (secondary N) is 1. The molecule has 21 heavy (non-hydrogen) atoms. The van der Waals surface area contributed by atoms with E-state index < -0.39 is 5.54 Å². The number of hydrogen-bond acceptors (Lipinski definition) is 5. The van der Waals surface area contributed by atoms with Crippen LogP contribution in [0.3, 0.4) is 0 Å². The standard InChI is InChI=1S/C16H31NO3S/c1-3-10-17-16(15(19)20-4-2)9-5-7-14(16)8-13-21-12-6-11-18/h14,17-18H,3-13H2,1-2H3. The molecule has 2 N–H and O–H groups in total. The van der Waals surface area contributed by atoms with Crippen molar-refractivity contribution in [3.05, 3.63) is 0 Å². The van der Waals surface area contributed by atoms with Crippen LogP contribution >= 0.6 is 11.8 Å². The molecule has 0 aromatic heterocycles. The van der Waals surface area contributed by atoms with Gasteiger partial charge in [0.2, 0.25) is 0 Å². The Bertz CT molecular complexity index is 301. The summed E-state index contributed by atoms with van der Waals surface area (Å²) in [4.78, 5) is 12.5. The van der Waals surface area contributed by atoms with Crippen molar-refractivity contribution in [3.8, 4) is 0 Å². The maximum absolute atomic E-state index is 12.5. The van der Waals surface area contributed by atoms with Gasteiger partial charge in [0.15, 0.2) is 0 Å². The van der Waals surface area contributed by atoms with Crippen LogP contribution in [0.25, 0.3) is 0 Å². The highest BCUT2D eigenvalue weighted by Gasteiger charge is 2.49. The van der Waals surface area contributed by atoms with Gasteiger partial charge in [0.1, 0.15) is 5.54 Å². The van der Waals surface area contributed by atoms with Crippen LogP contribution in [0.15, 0.2) is 0 Å². The van der Waals surface area contributed by atoms with E-state index in [0.29, 0.717) is 12.5 Å². The van der Waals surface area contributed by atoms with Gasteiger partial charge < -0.3 is 15.2 Å². The summed E-state index contributed by atoms with van der Waals surface area (Å²) < 4.78 is 5.36. The number of carbonyl (C=O) groups excluding carboxylic acids is 1. The predicted octanol–water partition coefficient (Wildman–Crippen LogP) is 2.59. The number of aliphatic hydroxyl groups is 1. The first-order chi connectivity index (χ1) is 10.2. The molecule has 0 aromatic rings. The first-order valence-electron chi connectivity index (χ1n) is 8.32. The van der Waals surface area contributed by atoms with Crippen LogP contribution in [0.5, 0.6) is 0 Å². The molecule has 0 radical (unpaired) electrons. The summed E-state index contributed by atoms with van der Waals surface area (Å²) in [6.07, 6.45) is 6.03. The molecule has 1 aliphatic rings. The molecule has 0 aromatic carbocycles. The third-order valence-corrected chi connectivity index (χ3v) is 5.31. The zero-order valence-corrected chi connectivity index (χ0v) is 14.3. The van der Waals surface area contributed by atoms with E-state index in [9.17, 15) is 4.79 Å². The van der Waals surface area contributed by atoms with Gasteiger partial charge in [-0.05, 0) is 63.0 Å². The molecule has 2 unspecified atom stereocenters. The lowest BCUT2D eigenvalue weighted by Gasteiger charge is -2.34. The third-order valence-electron chi connectivity index (χ3n) is 4.21. The van der Waals surface area contributed by atoms with Crippen molar-refractivity contribution in [3.63, 3.8) is 0 Å². The predicted molar refractivity (Wildman–Crippen MR) is 88.6 cm³/mol. The number of carbonyl (C=O) groups is 1. The molecule has 1 rings (SSSR count). The minimum atomic E-state index is -0.455. The van der Waals surface area contributed by atoms with Crippen LogP contribution in [0.2, 0.25) is 0 Å². The van der Waals surface area contributed by atoms with E-state index >= 15 is 0 Å². The van der Waals surface area contributed by atoms with Gasteiger partial charge in [-0.3, -0.25) is 4.79 Å². The van der Waals surface area contributed by atoms with E-state index in [2.05, 4.69) is 12.2 Å². The second-order valence-electron chi connectivity index (χ2n) is 5.69. The smallest absolute Gasteiger partial charge is 0.326 e. The molecule has 5 heteroatoms. The zero-order chi connectivity index (χ0) is 15.6. The summed E-state index contributed by atoms with van der Waals surface area (Å²) in [5.41, 5.74) is -0.455. The fraction of sp³-hybridized carbons (Fsp3) is 0.938. The fourth-order valence-electron chi connectivity index (χ4n) is 3.14. The molecular formula is C16H31NO3S. The van der Waals surface area contributed by atoms with Gasteiger partial charge in [-0.25, -0.2) is 0 Å². The van der Waals surface area contributed by atoms with Gasteiger partial charge in [0, 0.05) is 6.61 Å². The van der Waals surface area contributed by atoms with Gasteiger partial charge in [0.25, 0.3) is 0 Å². The number of thioether (sulfide) groups is 1. The number of esters is 1. The Morgan fingerprint density at radius 2 is 2.24 bits per heavy atom. The van der Waals surface area contributed by atoms with Crippen LogP contribution in [-0.4, -0.2) is 47.9 Å². The van der Waals surface area contributed by atoms with Crippen molar-refractivity contribution in [2.45, 2.75) is 57.9 Å². The van der Waals surface area contributed by atoms with Crippen LogP contribution < -0.4 is 5.32 Å². The van der Waals surface area contributed by atoms with Crippen molar-refractivity contribution in [2.24, 2.45) is 5.92 Å². The quantitative estimate of drug-likeness (QED) is 0.453. The summed E-state index contributed by atoms with van der Waals surface area (Å²) in [6, 6.07) is 0. The van der Waals surface area contributed by atoms with E-state index in [1.54, 1.807) is 0 Å². The van der Waals surface area contributed by atoms with Gasteiger partial charge >= 0.3 is 5.97 Å². The molecule has 124 valence electrons. The summed E-state index contributed by atoms with van der Waals surface area (Å²) in [5.74, 6) is 2.38. The van der Waals surface area contributed by atoms with Gasteiger partial charge in [-0.15, -0.1) is 0 Å². The number of aliphatic hydroxyl groups excluding tert-OH is 1. The van der Waals surface area contributed by atoms with E-state index in [-0.39, 0.29) is 12.6 Å². The first kappa shape index (κ1) is 18.8. The zero-order valence-electron chi connectivity index (χ0n) is 13.5. The van der Waals surface area contributed by atoms with E-state index in [1.165, 1.54) is 0 Å². The Hall–Kier alpha value is -0.260. The Morgan fingerprint density at radius 3 is 2.90 bits per heavy atom. The topological polar surface area (TPSA) is 58.6 Å². The molecule has 1 aliphatic carbocycles. The van der Waals surface area contributed by atoms with Crippen molar-refractivity contribution in [2.75, 3.05) is 31.3 Å². The molecule has 0 amide bonds. The lowest BCUT2D eigenvalue weighted by atomic mass is 9.84. The van der Waals surface area contributed by atoms with E-state index in [0.717, 1.165) is 56.6 Å². The largest absolute Gasteiger partial charge is 0.465 e. The van der Waals surface area contributed by atoms with E-state index in [1.807, 2.05) is 18.7 Å². The van der Waals surface area contributed by atoms with Crippen LogP contribution in [0.4, 0.5) is 0 Å². The second kappa shape index (κ2) is 10.5. The Kier molecular flexibility index (Phi) is 9.36. The van der Waals surface area contributed by atoms with Crippen molar-refractivity contribution in [1.82, 2.24) is 5.32 Å². The highest BCUT2D eigenvalue weighted by Crippen LogP contribution is 2.39. The monoisotopic (exact) mass is 317 g/mol. The summed E-state index contributed by atoms with van der Waals surface area (Å²) in [6.45, 7) is 5.58.